The summed E-state index contributed by atoms with van der Waals surface area (Å²) in [4.78, 5) is 71.7. The van der Waals surface area contributed by atoms with E-state index in [4.69, 9.17) is 4.74 Å². The van der Waals surface area contributed by atoms with Crippen LogP contribution in [0.5, 0.6) is 5.75 Å². The van der Waals surface area contributed by atoms with Gasteiger partial charge < -0.3 is 30.1 Å². The number of nitrogens with one attached hydrogen (secondary N) is 2. The second-order valence-electron chi connectivity index (χ2n) is 12.9. The van der Waals surface area contributed by atoms with E-state index in [0.29, 0.717) is 38.1 Å². The van der Waals surface area contributed by atoms with Gasteiger partial charge in [-0.05, 0) is 55.9 Å². The van der Waals surface area contributed by atoms with E-state index in [1.807, 2.05) is 60.7 Å². The zero-order valence-corrected chi connectivity index (χ0v) is 29.5. The summed E-state index contributed by atoms with van der Waals surface area (Å²) in [6.07, 6.45) is 1.75. The van der Waals surface area contributed by atoms with Crippen LogP contribution >= 0.6 is 0 Å². The maximum absolute atomic E-state index is 13.8. The van der Waals surface area contributed by atoms with Crippen molar-refractivity contribution in [1.29, 1.82) is 0 Å². The van der Waals surface area contributed by atoms with Crippen LogP contribution in [0.1, 0.15) is 54.1 Å². The molecule has 1 heterocycles. The Morgan fingerprint density at radius 1 is 0.860 bits per heavy atom. The highest BCUT2D eigenvalue weighted by molar-refractivity contribution is 5.99. The Balaban J connectivity index is 1.60. The van der Waals surface area contributed by atoms with Crippen LogP contribution in [0.3, 0.4) is 0 Å². The van der Waals surface area contributed by atoms with Crippen molar-refractivity contribution in [2.75, 3.05) is 40.8 Å². The smallest absolute Gasteiger partial charge is 0.255 e. The fraction of sp³-hybridized carbons (Fsp3) is 0.410. The number of fused-ring (bicyclic) bond motifs is 1. The van der Waals surface area contributed by atoms with Crippen LogP contribution in [0.2, 0.25) is 0 Å². The van der Waals surface area contributed by atoms with E-state index in [1.165, 1.54) is 4.90 Å². The summed E-state index contributed by atoms with van der Waals surface area (Å²) in [6, 6.07) is 24.1. The van der Waals surface area contributed by atoms with E-state index in [1.54, 1.807) is 62.1 Å². The number of likely N-dealkylation sites (N-methyl/N-ethyl adjacent to an activating group) is 2. The summed E-state index contributed by atoms with van der Waals surface area (Å²) in [5.74, 6) is -1.30. The Kier molecular flexibility index (Phi) is 14.0. The van der Waals surface area contributed by atoms with Crippen molar-refractivity contribution in [2.45, 2.75) is 63.6 Å². The van der Waals surface area contributed by atoms with Crippen molar-refractivity contribution in [1.82, 2.24) is 25.3 Å². The van der Waals surface area contributed by atoms with E-state index in [-0.39, 0.29) is 55.1 Å². The Labute approximate surface area is 295 Å². The molecule has 0 unspecified atom stereocenters. The first-order valence-electron chi connectivity index (χ1n) is 17.2. The van der Waals surface area contributed by atoms with Crippen LogP contribution in [-0.4, -0.2) is 103 Å². The van der Waals surface area contributed by atoms with Gasteiger partial charge in [-0.15, -0.1) is 0 Å². The zero-order valence-electron chi connectivity index (χ0n) is 29.5. The van der Waals surface area contributed by atoms with Crippen LogP contribution in [0, 0.1) is 0 Å². The molecule has 3 atom stereocenters. The Bertz CT molecular complexity index is 1600. The average Bonchev–Trinajstić information content (AvgIpc) is 3.13. The third kappa shape index (κ3) is 10.9. The van der Waals surface area contributed by atoms with E-state index in [0.717, 1.165) is 11.1 Å². The third-order valence-corrected chi connectivity index (χ3v) is 9.05. The first kappa shape index (κ1) is 37.6. The fourth-order valence-corrected chi connectivity index (χ4v) is 5.89. The summed E-state index contributed by atoms with van der Waals surface area (Å²) in [6.45, 7) is 2.46. The van der Waals surface area contributed by atoms with E-state index >= 15 is 0 Å². The Morgan fingerprint density at radius 2 is 1.50 bits per heavy atom. The molecule has 1 aliphatic heterocycles. The lowest BCUT2D eigenvalue weighted by molar-refractivity contribution is -0.137. The van der Waals surface area contributed by atoms with Crippen LogP contribution in [-0.2, 0) is 32.0 Å². The molecule has 11 heteroatoms. The van der Waals surface area contributed by atoms with Gasteiger partial charge in [-0.1, -0.05) is 72.8 Å². The summed E-state index contributed by atoms with van der Waals surface area (Å²) in [5, 5.41) is 5.68. The van der Waals surface area contributed by atoms with Gasteiger partial charge in [0.1, 0.15) is 24.4 Å². The van der Waals surface area contributed by atoms with Crippen LogP contribution in [0.15, 0.2) is 84.9 Å². The molecule has 5 amide bonds. The Hall–Kier alpha value is -5.19. The van der Waals surface area contributed by atoms with Crippen molar-refractivity contribution >= 4 is 29.5 Å². The second kappa shape index (κ2) is 18.5. The molecule has 0 fully saturated rings. The van der Waals surface area contributed by atoms with Crippen molar-refractivity contribution < 1.29 is 28.7 Å². The lowest BCUT2D eigenvalue weighted by atomic mass is 10.0. The number of para-hydroxylation sites is 1. The highest BCUT2D eigenvalue weighted by Gasteiger charge is 2.29. The van der Waals surface area contributed by atoms with Crippen molar-refractivity contribution in [2.24, 2.45) is 0 Å². The van der Waals surface area contributed by atoms with Gasteiger partial charge in [0.05, 0.1) is 11.6 Å². The van der Waals surface area contributed by atoms with E-state index in [2.05, 4.69) is 10.6 Å². The molecule has 50 heavy (non-hydrogen) atoms. The molecule has 0 spiro atoms. The van der Waals surface area contributed by atoms with Gasteiger partial charge in [-0.3, -0.25) is 24.0 Å². The topological polar surface area (TPSA) is 128 Å². The minimum Gasteiger partial charge on any atom is -0.491 e. The monoisotopic (exact) mass is 683 g/mol. The summed E-state index contributed by atoms with van der Waals surface area (Å²) < 4.78 is 6.26. The molecule has 0 aliphatic carbocycles. The SMILES string of the molecule is C[C@@H]1NC(=O)CCCN(C)C(=O)CC[C@@H](C(=O)N(C)CCc2ccccc2)NC(=O)c2ccccc2OC[C@H](Cc2ccccc2)N(C)C1=O. The normalized spacial score (nSPS) is 20.2. The zero-order chi connectivity index (χ0) is 36.0. The van der Waals surface area contributed by atoms with Crippen molar-refractivity contribution in [3.8, 4) is 5.75 Å². The molecule has 2 N–H and O–H groups in total. The molecule has 0 bridgehead atoms. The quantitative estimate of drug-likeness (QED) is 0.410. The molecular weight excluding hydrogens is 634 g/mol. The number of hydrogen-bond donors (Lipinski definition) is 2. The molecule has 0 radical (unpaired) electrons. The highest BCUT2D eigenvalue weighted by atomic mass is 16.5. The van der Waals surface area contributed by atoms with Gasteiger partial charge >= 0.3 is 0 Å². The number of hydrogen-bond acceptors (Lipinski definition) is 6. The van der Waals surface area contributed by atoms with Gasteiger partial charge in [0.15, 0.2) is 0 Å². The maximum atomic E-state index is 13.8. The lowest BCUT2D eigenvalue weighted by Gasteiger charge is -2.31. The van der Waals surface area contributed by atoms with Gasteiger partial charge in [0.2, 0.25) is 23.6 Å². The van der Waals surface area contributed by atoms with Crippen LogP contribution in [0.25, 0.3) is 0 Å². The number of carbonyl (C=O) groups is 5. The Morgan fingerprint density at radius 3 is 2.20 bits per heavy atom. The molecular formula is C39H49N5O6. The van der Waals surface area contributed by atoms with Crippen LogP contribution < -0.4 is 15.4 Å². The van der Waals surface area contributed by atoms with Crippen molar-refractivity contribution in [3.05, 3.63) is 102 Å². The molecule has 1 aliphatic rings. The van der Waals surface area contributed by atoms with E-state index < -0.39 is 24.0 Å². The first-order chi connectivity index (χ1) is 24.0. The third-order valence-electron chi connectivity index (χ3n) is 9.05. The predicted octanol–water partition coefficient (Wildman–Crippen LogP) is 3.47. The van der Waals surface area contributed by atoms with Gasteiger partial charge in [-0.25, -0.2) is 0 Å². The predicted molar refractivity (Wildman–Crippen MR) is 191 cm³/mol. The van der Waals surface area contributed by atoms with Gasteiger partial charge in [-0.2, -0.15) is 0 Å². The molecule has 3 aromatic rings. The minimum atomic E-state index is -0.971. The summed E-state index contributed by atoms with van der Waals surface area (Å²) >= 11 is 0. The highest BCUT2D eigenvalue weighted by Crippen LogP contribution is 2.21. The lowest BCUT2D eigenvalue weighted by Crippen LogP contribution is -2.51. The number of carbonyl (C=O) groups excluding carboxylic acids is 5. The van der Waals surface area contributed by atoms with Crippen molar-refractivity contribution in [3.63, 3.8) is 0 Å². The van der Waals surface area contributed by atoms with Crippen LogP contribution in [0.4, 0.5) is 0 Å². The summed E-state index contributed by atoms with van der Waals surface area (Å²) in [5.41, 5.74) is 2.30. The number of amides is 5. The molecule has 266 valence electrons. The minimum absolute atomic E-state index is 0.0170. The molecule has 4 rings (SSSR count). The van der Waals surface area contributed by atoms with Gasteiger partial charge in [0.25, 0.3) is 5.91 Å². The summed E-state index contributed by atoms with van der Waals surface area (Å²) in [7, 11) is 5.02. The maximum Gasteiger partial charge on any atom is 0.255 e. The molecule has 11 nitrogen and oxygen atoms in total. The first-order valence-corrected chi connectivity index (χ1v) is 17.2. The second-order valence-corrected chi connectivity index (χ2v) is 12.9. The van der Waals surface area contributed by atoms with E-state index in [9.17, 15) is 24.0 Å². The largest absolute Gasteiger partial charge is 0.491 e. The molecule has 0 saturated heterocycles. The average molecular weight is 684 g/mol. The fourth-order valence-electron chi connectivity index (χ4n) is 5.89. The molecule has 0 saturated carbocycles. The van der Waals surface area contributed by atoms with Gasteiger partial charge in [0, 0.05) is 47.1 Å². The number of nitrogens with zero attached hydrogens (tertiary/aromatic N) is 3. The number of ether oxygens (including phenoxy) is 1. The number of rotatable bonds is 6. The number of benzene rings is 3. The molecule has 3 aromatic carbocycles. The molecule has 0 aromatic heterocycles. The standard InChI is InChI=1S/C39H49N5O6/c1-28-38(48)44(4)31(26-30-16-9-6-10-17-30)27-50-34-19-12-11-18-32(34)37(47)41-33(21-22-36(46)42(2)24-13-20-35(45)40-28)39(49)43(3)25-23-29-14-7-5-8-15-29/h5-12,14-19,28,31,33H,13,20-27H2,1-4H3,(H,40,45)(H,41,47)/t28-,31-,33-/m0/s1.